The number of hydrogen-bond donors (Lipinski definition) is 8. The molecule has 1 fully saturated rings. The van der Waals surface area contributed by atoms with Crippen LogP contribution in [0.3, 0.4) is 0 Å². The first kappa shape index (κ1) is 55.6. The van der Waals surface area contributed by atoms with E-state index in [1.807, 2.05) is 84.0 Å². The van der Waals surface area contributed by atoms with Crippen molar-refractivity contribution < 1.29 is 47.0 Å². The minimum atomic E-state index is -4.19. The van der Waals surface area contributed by atoms with E-state index in [1.165, 1.54) is 0 Å². The maximum absolute atomic E-state index is 14.4. The van der Waals surface area contributed by atoms with Gasteiger partial charge in [-0.1, -0.05) is 73.9 Å². The molecule has 19 heteroatoms. The largest absolute Gasteiger partial charge is 0.488 e. The van der Waals surface area contributed by atoms with Crippen LogP contribution in [0.15, 0.2) is 76.6 Å². The van der Waals surface area contributed by atoms with Gasteiger partial charge in [-0.05, 0) is 132 Å². The molecule has 0 saturated heterocycles. The second-order valence-corrected chi connectivity index (χ2v) is 22.6. The highest BCUT2D eigenvalue weighted by Gasteiger charge is 2.39. The van der Waals surface area contributed by atoms with Gasteiger partial charge in [-0.25, -0.2) is 17.9 Å². The van der Waals surface area contributed by atoms with Crippen LogP contribution < -0.4 is 46.9 Å². The number of nitrogens with zero attached hydrogens (tertiary/aromatic N) is 1. The molecule has 1 heterocycles. The monoisotopic (exact) mass is 1020 g/mol. The van der Waals surface area contributed by atoms with Gasteiger partial charge in [-0.3, -0.25) is 24.2 Å². The van der Waals surface area contributed by atoms with Gasteiger partial charge in [0.25, 0.3) is 10.0 Å². The van der Waals surface area contributed by atoms with Crippen LogP contribution in [-0.4, -0.2) is 97.0 Å². The molecule has 73 heavy (non-hydrogen) atoms. The fourth-order valence-corrected chi connectivity index (χ4v) is 11.0. The van der Waals surface area contributed by atoms with Crippen LogP contribution >= 0.6 is 0 Å². The highest BCUT2D eigenvalue weighted by molar-refractivity contribution is 7.90. The first-order chi connectivity index (χ1) is 34.2. The van der Waals surface area contributed by atoms with Crippen molar-refractivity contribution in [1.82, 2.24) is 26.0 Å². The number of hydrogen-bond acceptors (Lipinski definition) is 11. The Morgan fingerprint density at radius 3 is 2.11 bits per heavy atom. The van der Waals surface area contributed by atoms with Gasteiger partial charge < -0.3 is 47.3 Å². The van der Waals surface area contributed by atoms with E-state index >= 15 is 0 Å². The second kappa shape index (κ2) is 23.0. The smallest absolute Gasteiger partial charge is 0.326 e. The molecule has 18 nitrogen and oxygen atoms in total. The Morgan fingerprint density at radius 2 is 1.45 bits per heavy atom. The molecule has 6 rings (SSSR count). The molecular weight excluding hydrogens is 953 g/mol. The van der Waals surface area contributed by atoms with Gasteiger partial charge in [0.15, 0.2) is 0 Å². The van der Waals surface area contributed by atoms with Gasteiger partial charge in [0.05, 0.1) is 17.0 Å². The van der Waals surface area contributed by atoms with Crippen LogP contribution in [0.4, 0.5) is 0 Å². The van der Waals surface area contributed by atoms with Crippen molar-refractivity contribution in [3.63, 3.8) is 0 Å². The summed E-state index contributed by atoms with van der Waals surface area (Å²) in [6, 6.07) is 16.3. The van der Waals surface area contributed by atoms with Crippen molar-refractivity contribution in [2.45, 2.75) is 159 Å². The van der Waals surface area contributed by atoms with Crippen molar-refractivity contribution >= 4 is 56.4 Å². The number of carbonyl (C=O) groups excluding carboxylic acids is 4. The lowest BCUT2D eigenvalue weighted by atomic mass is 9.81. The zero-order valence-electron chi connectivity index (χ0n) is 43.2. The molecule has 4 aromatic rings. The number of nitrogens with two attached hydrogens (primary N) is 2. The number of guanidine groups is 1. The SMILES string of the molecule is Cc1c(C)c(S(=O)(=O)NC(N)=NCCC[C@H](NC(=O)C2(N)CCCCC2)C(=O)N[C@@H](Cc2ccc3ccccc3c2)C(=O)NCC(=O)N[C@H](Cc2ccc(OC(C)(C)C)cc2)C(=O)O)c(C)c2c1OC(C)(C)C2. The zero-order chi connectivity index (χ0) is 53.5. The molecule has 4 amide bonds. The lowest BCUT2D eigenvalue weighted by molar-refractivity contribution is -0.141. The molecule has 1 aliphatic carbocycles. The summed E-state index contributed by atoms with van der Waals surface area (Å²) in [5, 5.41) is 22.5. The Balaban J connectivity index is 1.17. The highest BCUT2D eigenvalue weighted by Crippen LogP contribution is 2.43. The van der Waals surface area contributed by atoms with E-state index in [1.54, 1.807) is 38.1 Å². The van der Waals surface area contributed by atoms with E-state index in [0.717, 1.165) is 35.6 Å². The molecule has 0 aromatic heterocycles. The normalized spacial score (nSPS) is 16.5. The fraction of sp³-hybridized carbons (Fsp3) is 0.481. The summed E-state index contributed by atoms with van der Waals surface area (Å²) in [5.74, 6) is -3.11. The van der Waals surface area contributed by atoms with Gasteiger partial charge in [-0.2, -0.15) is 0 Å². The number of carbonyl (C=O) groups is 5. The average Bonchev–Trinajstić information content (AvgIpc) is 3.66. The van der Waals surface area contributed by atoms with E-state index in [-0.39, 0.29) is 43.1 Å². The quantitative estimate of drug-likeness (QED) is 0.0336. The third kappa shape index (κ3) is 14.7. The topological polar surface area (TPSA) is 283 Å². The number of nitrogens with one attached hydrogen (secondary N) is 5. The van der Waals surface area contributed by atoms with Crippen LogP contribution in [0.25, 0.3) is 10.8 Å². The molecular formula is C54H72N8O10S. The number of ether oxygens (including phenoxy) is 2. The van der Waals surface area contributed by atoms with Crippen molar-refractivity contribution in [1.29, 1.82) is 0 Å². The lowest BCUT2D eigenvalue weighted by Crippen LogP contribution is -2.61. The standard InChI is InChI=1S/C54H72N8O10S/c1-32-33(2)46(34(3)40-30-53(7,8)72-45(32)40)73(69,70)62-51(55)57-26-14-17-41(61-50(68)54(56)24-12-9-13-25-54)48(65)60-42(29-36-18-21-37-15-10-11-16-38(37)27-36)47(64)58-31-44(63)59-43(49(66)67)28-35-19-22-39(23-20-35)71-52(4,5)6/h10-11,15-16,18-23,27,41-43H,9,12-14,17,24-26,28-31,56H2,1-8H3,(H,58,64)(H,59,63)(H,60,65)(H,61,68)(H,66,67)(H3,55,57,62)/t41-,42-,43+/m0/s1. The maximum atomic E-state index is 14.4. The number of benzene rings is 4. The number of aliphatic imine (C=N–C) groups is 1. The highest BCUT2D eigenvalue weighted by atomic mass is 32.2. The minimum absolute atomic E-state index is 0.00909. The molecule has 1 saturated carbocycles. The summed E-state index contributed by atoms with van der Waals surface area (Å²) in [4.78, 5) is 72.3. The second-order valence-electron chi connectivity index (χ2n) is 21.0. The van der Waals surface area contributed by atoms with Crippen LogP contribution in [0.2, 0.25) is 0 Å². The summed E-state index contributed by atoms with van der Waals surface area (Å²) in [7, 11) is -4.19. The predicted octanol–water partition coefficient (Wildman–Crippen LogP) is 4.83. The van der Waals surface area contributed by atoms with E-state index in [2.05, 4.69) is 31.0 Å². The van der Waals surface area contributed by atoms with Gasteiger partial charge in [-0.15, -0.1) is 0 Å². The Bertz CT molecular complexity index is 2850. The Morgan fingerprint density at radius 1 is 0.808 bits per heavy atom. The van der Waals surface area contributed by atoms with E-state index in [9.17, 15) is 37.5 Å². The number of aliphatic carboxylic acids is 1. The van der Waals surface area contributed by atoms with Crippen molar-refractivity contribution in [3.05, 3.63) is 100 Å². The number of amides is 4. The van der Waals surface area contributed by atoms with Crippen molar-refractivity contribution in [2.24, 2.45) is 16.5 Å². The number of carboxylic acids is 1. The van der Waals surface area contributed by atoms with Crippen LogP contribution in [-0.2, 0) is 53.3 Å². The van der Waals surface area contributed by atoms with Crippen molar-refractivity contribution in [3.8, 4) is 11.5 Å². The third-order valence-electron chi connectivity index (χ3n) is 13.3. The van der Waals surface area contributed by atoms with Gasteiger partial charge in [0.2, 0.25) is 29.6 Å². The molecule has 0 unspecified atom stereocenters. The third-order valence-corrected chi connectivity index (χ3v) is 14.9. The van der Waals surface area contributed by atoms with Gasteiger partial charge in [0, 0.05) is 31.4 Å². The molecule has 3 atom stereocenters. The fourth-order valence-electron chi connectivity index (χ4n) is 9.45. The van der Waals surface area contributed by atoms with Gasteiger partial charge >= 0.3 is 5.97 Å². The summed E-state index contributed by atoms with van der Waals surface area (Å²) >= 11 is 0. The molecule has 1 aliphatic heterocycles. The molecule has 0 bridgehead atoms. The van der Waals surface area contributed by atoms with E-state index < -0.39 is 81.0 Å². The minimum Gasteiger partial charge on any atom is -0.488 e. The Hall–Kier alpha value is -6.73. The summed E-state index contributed by atoms with van der Waals surface area (Å²) in [6.45, 7) is 14.2. The zero-order valence-corrected chi connectivity index (χ0v) is 44.0. The molecule has 2 aliphatic rings. The summed E-state index contributed by atoms with van der Waals surface area (Å²) in [6.07, 6.45) is 3.81. The first-order valence-corrected chi connectivity index (χ1v) is 26.3. The molecule has 0 radical (unpaired) electrons. The number of fused-ring (bicyclic) bond motifs is 2. The molecule has 4 aromatic carbocycles. The number of sulfonamides is 1. The van der Waals surface area contributed by atoms with E-state index in [4.69, 9.17) is 20.9 Å². The average molecular weight is 1030 g/mol. The number of carboxylic acid groups (broad SMARTS) is 1. The number of rotatable bonds is 20. The Labute approximate surface area is 428 Å². The van der Waals surface area contributed by atoms with E-state index in [0.29, 0.717) is 58.6 Å². The van der Waals surface area contributed by atoms with Gasteiger partial charge in [0.1, 0.15) is 40.8 Å². The predicted molar refractivity (Wildman–Crippen MR) is 280 cm³/mol. The maximum Gasteiger partial charge on any atom is 0.326 e. The van der Waals surface area contributed by atoms with Crippen LogP contribution in [0.5, 0.6) is 11.5 Å². The van der Waals surface area contributed by atoms with Crippen LogP contribution in [0, 0.1) is 20.8 Å². The lowest BCUT2D eigenvalue weighted by Gasteiger charge is -2.33. The molecule has 0 spiro atoms. The summed E-state index contributed by atoms with van der Waals surface area (Å²) in [5.41, 5.74) is 14.6. The first-order valence-electron chi connectivity index (χ1n) is 24.8. The molecule has 10 N–H and O–H groups in total. The van der Waals surface area contributed by atoms with Crippen molar-refractivity contribution in [2.75, 3.05) is 13.1 Å². The Kier molecular flexibility index (Phi) is 17.5. The molecule has 394 valence electrons. The summed E-state index contributed by atoms with van der Waals surface area (Å²) < 4.78 is 42.1. The van der Waals surface area contributed by atoms with Crippen LogP contribution in [0.1, 0.15) is 113 Å².